The van der Waals surface area contributed by atoms with Gasteiger partial charge in [-0.2, -0.15) is 0 Å². The number of benzene rings is 2. The van der Waals surface area contributed by atoms with E-state index in [9.17, 15) is 18.8 Å². The second kappa shape index (κ2) is 8.92. The van der Waals surface area contributed by atoms with Crippen molar-refractivity contribution in [2.45, 2.75) is 51.7 Å². The first-order valence-electron chi connectivity index (χ1n) is 12.1. The number of amides is 4. The standard InChI is InChI=1S/C27H28ClFN4O3/c1-15(2)13-22(24(34)30-14-18-19(28)8-6-9-20(18)29)33-25(35)27(3)23-17(11-12-32(27)26(33)36)16-7-4-5-10-21(16)31-23/h4-10,15,22,31H,11-14H2,1-3H3,(H,30,34)/t22-,27-/m0/s1. The highest BCUT2D eigenvalue weighted by Gasteiger charge is 2.60. The Bertz CT molecular complexity index is 1370. The molecule has 188 valence electrons. The van der Waals surface area contributed by atoms with E-state index in [-0.39, 0.29) is 29.5 Å². The van der Waals surface area contributed by atoms with Crippen LogP contribution in [-0.4, -0.2) is 45.2 Å². The van der Waals surface area contributed by atoms with Gasteiger partial charge in [0.2, 0.25) is 5.91 Å². The Morgan fingerprint density at radius 2 is 1.94 bits per heavy atom. The van der Waals surface area contributed by atoms with Crippen LogP contribution in [0, 0.1) is 11.7 Å². The first-order valence-corrected chi connectivity index (χ1v) is 12.5. The third-order valence-electron chi connectivity index (χ3n) is 7.31. The summed E-state index contributed by atoms with van der Waals surface area (Å²) in [5.41, 5.74) is 1.53. The summed E-state index contributed by atoms with van der Waals surface area (Å²) in [6.45, 7) is 5.80. The fraction of sp³-hybridized carbons (Fsp3) is 0.370. The van der Waals surface area contributed by atoms with Crippen molar-refractivity contribution < 1.29 is 18.8 Å². The Morgan fingerprint density at radius 1 is 1.19 bits per heavy atom. The van der Waals surface area contributed by atoms with E-state index in [0.29, 0.717) is 18.7 Å². The van der Waals surface area contributed by atoms with Gasteiger partial charge in [0.05, 0.1) is 5.69 Å². The number of halogens is 2. The van der Waals surface area contributed by atoms with Crippen molar-refractivity contribution in [3.63, 3.8) is 0 Å². The molecule has 2 N–H and O–H groups in total. The van der Waals surface area contributed by atoms with Crippen LogP contribution < -0.4 is 5.32 Å². The van der Waals surface area contributed by atoms with Crippen LogP contribution in [0.5, 0.6) is 0 Å². The molecule has 1 saturated heterocycles. The SMILES string of the molecule is CC(C)C[C@@H](C(=O)NCc1c(F)cccc1Cl)N1C(=O)N2CCc3c([nH]c4ccccc34)[C@@]2(C)C1=O. The summed E-state index contributed by atoms with van der Waals surface area (Å²) in [7, 11) is 0. The van der Waals surface area contributed by atoms with Gasteiger partial charge in [-0.3, -0.25) is 9.59 Å². The number of aromatic nitrogens is 1. The van der Waals surface area contributed by atoms with E-state index in [1.54, 1.807) is 17.9 Å². The molecular weight excluding hydrogens is 483 g/mol. The number of urea groups is 1. The van der Waals surface area contributed by atoms with Crippen LogP contribution in [0.25, 0.3) is 10.9 Å². The summed E-state index contributed by atoms with van der Waals surface area (Å²) in [6.07, 6.45) is 0.881. The van der Waals surface area contributed by atoms with Gasteiger partial charge in [0.25, 0.3) is 5.91 Å². The maximum absolute atomic E-state index is 14.3. The maximum Gasteiger partial charge on any atom is 0.328 e. The molecule has 0 bridgehead atoms. The zero-order valence-corrected chi connectivity index (χ0v) is 21.2. The van der Waals surface area contributed by atoms with Crippen molar-refractivity contribution in [2.24, 2.45) is 5.92 Å². The number of aromatic amines is 1. The van der Waals surface area contributed by atoms with Gasteiger partial charge in [-0.25, -0.2) is 14.1 Å². The molecular formula is C27H28ClFN4O3. The van der Waals surface area contributed by atoms with Gasteiger partial charge in [-0.1, -0.05) is 49.7 Å². The highest BCUT2D eigenvalue weighted by Crippen LogP contribution is 2.45. The highest BCUT2D eigenvalue weighted by molar-refractivity contribution is 6.31. The van der Waals surface area contributed by atoms with Crippen molar-refractivity contribution in [2.75, 3.05) is 6.54 Å². The predicted molar refractivity (Wildman–Crippen MR) is 135 cm³/mol. The predicted octanol–water partition coefficient (Wildman–Crippen LogP) is 4.73. The Hall–Kier alpha value is -3.39. The minimum absolute atomic E-state index is 0.0208. The molecule has 1 aromatic heterocycles. The summed E-state index contributed by atoms with van der Waals surface area (Å²) in [4.78, 5) is 47.1. The Kier molecular flexibility index (Phi) is 6.03. The molecule has 3 aromatic rings. The van der Waals surface area contributed by atoms with Crippen molar-refractivity contribution in [1.82, 2.24) is 20.1 Å². The summed E-state index contributed by atoms with van der Waals surface area (Å²) < 4.78 is 14.3. The van der Waals surface area contributed by atoms with Crippen molar-refractivity contribution in [3.05, 3.63) is 70.1 Å². The molecule has 7 nitrogen and oxygen atoms in total. The monoisotopic (exact) mass is 510 g/mol. The number of hydrogen-bond donors (Lipinski definition) is 2. The van der Waals surface area contributed by atoms with Crippen LogP contribution in [0.3, 0.4) is 0 Å². The second-order valence-electron chi connectivity index (χ2n) is 10.0. The number of nitrogens with one attached hydrogen (secondary N) is 2. The highest BCUT2D eigenvalue weighted by atomic mass is 35.5. The fourth-order valence-electron chi connectivity index (χ4n) is 5.46. The number of rotatable bonds is 6. The molecule has 36 heavy (non-hydrogen) atoms. The van der Waals surface area contributed by atoms with Crippen molar-refractivity contribution in [3.8, 4) is 0 Å². The van der Waals surface area contributed by atoms with Gasteiger partial charge in [-0.05, 0) is 49.4 Å². The molecule has 0 unspecified atom stereocenters. The Labute approximate surface area is 213 Å². The molecule has 2 aliphatic rings. The minimum Gasteiger partial charge on any atom is -0.356 e. The molecule has 0 aliphatic carbocycles. The van der Waals surface area contributed by atoms with Crippen molar-refractivity contribution >= 4 is 40.3 Å². The normalized spacial score (nSPS) is 20.2. The van der Waals surface area contributed by atoms with Crippen LogP contribution in [0.4, 0.5) is 9.18 Å². The maximum atomic E-state index is 14.3. The summed E-state index contributed by atoms with van der Waals surface area (Å²) in [5.74, 6) is -1.48. The molecule has 0 saturated carbocycles. The van der Waals surface area contributed by atoms with E-state index in [1.165, 1.54) is 12.1 Å². The first kappa shape index (κ1) is 24.3. The van der Waals surface area contributed by atoms with Gasteiger partial charge in [-0.15, -0.1) is 0 Å². The van der Waals surface area contributed by atoms with E-state index < -0.39 is 35.2 Å². The molecule has 2 atom stereocenters. The van der Waals surface area contributed by atoms with Crippen LogP contribution in [0.2, 0.25) is 5.02 Å². The summed E-state index contributed by atoms with van der Waals surface area (Å²) >= 11 is 6.11. The molecule has 1 fully saturated rings. The number of imide groups is 1. The van der Waals surface area contributed by atoms with E-state index in [4.69, 9.17) is 11.6 Å². The van der Waals surface area contributed by atoms with E-state index >= 15 is 0 Å². The minimum atomic E-state index is -1.24. The van der Waals surface area contributed by atoms with Gasteiger partial charge in [0, 0.05) is 34.6 Å². The van der Waals surface area contributed by atoms with Crippen LogP contribution in [0.1, 0.15) is 44.0 Å². The molecule has 5 rings (SSSR count). The number of para-hydroxylation sites is 1. The smallest absolute Gasteiger partial charge is 0.328 e. The Morgan fingerprint density at radius 3 is 2.67 bits per heavy atom. The van der Waals surface area contributed by atoms with Crippen LogP contribution in [-0.2, 0) is 28.1 Å². The third-order valence-corrected chi connectivity index (χ3v) is 7.66. The van der Waals surface area contributed by atoms with Gasteiger partial charge in [0.15, 0.2) is 5.54 Å². The average Bonchev–Trinajstić information content (AvgIpc) is 3.31. The zero-order valence-electron chi connectivity index (χ0n) is 20.4. The molecule has 2 aliphatic heterocycles. The van der Waals surface area contributed by atoms with E-state index in [0.717, 1.165) is 21.4 Å². The number of hydrogen-bond acceptors (Lipinski definition) is 3. The molecule has 3 heterocycles. The molecule has 4 amide bonds. The van der Waals surface area contributed by atoms with Gasteiger partial charge < -0.3 is 15.2 Å². The van der Waals surface area contributed by atoms with Crippen LogP contribution >= 0.6 is 11.6 Å². The number of carbonyl (C=O) groups excluding carboxylic acids is 3. The molecule has 0 radical (unpaired) electrons. The van der Waals surface area contributed by atoms with Gasteiger partial charge >= 0.3 is 6.03 Å². The molecule has 2 aromatic carbocycles. The first-order chi connectivity index (χ1) is 17.1. The van der Waals surface area contributed by atoms with E-state index in [2.05, 4.69) is 10.3 Å². The Balaban J connectivity index is 1.48. The number of nitrogens with zero attached hydrogens (tertiary/aromatic N) is 2. The topological polar surface area (TPSA) is 85.5 Å². The summed E-state index contributed by atoms with van der Waals surface area (Å²) in [5, 5.41) is 3.93. The number of carbonyl (C=O) groups is 3. The molecule has 0 spiro atoms. The fourth-order valence-corrected chi connectivity index (χ4v) is 5.69. The lowest BCUT2D eigenvalue weighted by Crippen LogP contribution is -2.51. The quantitative estimate of drug-likeness (QED) is 0.470. The average molecular weight is 511 g/mol. The largest absolute Gasteiger partial charge is 0.356 e. The van der Waals surface area contributed by atoms with Crippen LogP contribution in [0.15, 0.2) is 42.5 Å². The summed E-state index contributed by atoms with van der Waals surface area (Å²) in [6, 6.07) is 10.6. The van der Waals surface area contributed by atoms with Crippen molar-refractivity contribution in [1.29, 1.82) is 0 Å². The number of H-pyrrole nitrogens is 1. The lowest BCUT2D eigenvalue weighted by Gasteiger charge is -2.36. The second-order valence-corrected chi connectivity index (χ2v) is 10.4. The molecule has 9 heteroatoms. The lowest BCUT2D eigenvalue weighted by atomic mass is 9.87. The third kappa shape index (κ3) is 3.66. The zero-order chi connectivity index (χ0) is 25.8. The van der Waals surface area contributed by atoms with Gasteiger partial charge in [0.1, 0.15) is 11.9 Å². The van der Waals surface area contributed by atoms with E-state index in [1.807, 2.05) is 38.1 Å². The number of fused-ring (bicyclic) bond motifs is 5. The lowest BCUT2D eigenvalue weighted by molar-refractivity contribution is -0.140.